The molecule has 168 valence electrons. The highest BCUT2D eigenvalue weighted by Crippen LogP contribution is 2.33. The van der Waals surface area contributed by atoms with E-state index in [2.05, 4.69) is 15.0 Å². The Morgan fingerprint density at radius 2 is 1.79 bits per heavy atom. The second-order valence-electron chi connectivity index (χ2n) is 7.28. The summed E-state index contributed by atoms with van der Waals surface area (Å²) in [5.74, 6) is -0.416. The van der Waals surface area contributed by atoms with E-state index < -0.39 is 11.6 Å². The first-order chi connectivity index (χ1) is 16.6. The van der Waals surface area contributed by atoms with E-state index in [0.717, 1.165) is 0 Å². The number of hydrogen-bond acceptors (Lipinski definition) is 7. The molecule has 3 heterocycles. The van der Waals surface area contributed by atoms with Crippen LogP contribution < -0.4 is 5.06 Å². The predicted octanol–water partition coefficient (Wildman–Crippen LogP) is 5.65. The van der Waals surface area contributed by atoms with Gasteiger partial charge in [-0.15, -0.1) is 0 Å². The Balaban J connectivity index is 1.62. The third-order valence-corrected chi connectivity index (χ3v) is 5.06. The van der Waals surface area contributed by atoms with E-state index in [1.807, 2.05) is 0 Å². The molecule has 0 aliphatic carbocycles. The van der Waals surface area contributed by atoms with Crippen LogP contribution in [0, 0.1) is 11.6 Å². The van der Waals surface area contributed by atoms with E-state index in [4.69, 9.17) is 9.25 Å². The SMILES string of the molecule is O=Cc1occc1-c1cc2c(N(OCc3cccc(F)c3)c3cccc(F)c3)ncnc2cn1. The first-order valence-electron chi connectivity index (χ1n) is 10.2. The minimum Gasteiger partial charge on any atom is -0.461 e. The Bertz CT molecular complexity index is 1490. The number of halogens is 2. The molecule has 5 rings (SSSR count). The number of hydrogen-bond donors (Lipinski definition) is 0. The number of rotatable bonds is 7. The molecule has 0 aliphatic rings. The highest BCUT2D eigenvalue weighted by atomic mass is 19.1. The lowest BCUT2D eigenvalue weighted by atomic mass is 10.1. The van der Waals surface area contributed by atoms with Crippen molar-refractivity contribution in [3.8, 4) is 11.3 Å². The van der Waals surface area contributed by atoms with Gasteiger partial charge in [0.15, 0.2) is 17.9 Å². The minimum atomic E-state index is -0.466. The van der Waals surface area contributed by atoms with E-state index in [1.165, 1.54) is 48.1 Å². The second-order valence-corrected chi connectivity index (χ2v) is 7.28. The molecule has 0 saturated heterocycles. The van der Waals surface area contributed by atoms with Crippen LogP contribution >= 0.6 is 0 Å². The number of furan rings is 1. The fourth-order valence-electron chi connectivity index (χ4n) is 3.50. The van der Waals surface area contributed by atoms with Crippen LogP contribution in [0.4, 0.5) is 20.3 Å². The monoisotopic (exact) mass is 458 g/mol. The average molecular weight is 458 g/mol. The molecule has 0 unspecified atom stereocenters. The topological polar surface area (TPSA) is 81.4 Å². The largest absolute Gasteiger partial charge is 0.461 e. The maximum absolute atomic E-state index is 14.1. The smallest absolute Gasteiger partial charge is 0.186 e. The summed E-state index contributed by atoms with van der Waals surface area (Å²) >= 11 is 0. The summed E-state index contributed by atoms with van der Waals surface area (Å²) in [6.45, 7) is -0.00523. The summed E-state index contributed by atoms with van der Waals surface area (Å²) in [5, 5.41) is 1.90. The van der Waals surface area contributed by atoms with Crippen molar-refractivity contribution in [1.82, 2.24) is 15.0 Å². The maximum atomic E-state index is 14.1. The van der Waals surface area contributed by atoms with E-state index in [0.29, 0.717) is 45.5 Å². The summed E-state index contributed by atoms with van der Waals surface area (Å²) in [4.78, 5) is 30.4. The molecular weight excluding hydrogens is 442 g/mol. The second kappa shape index (κ2) is 9.16. The molecule has 5 aromatic rings. The minimum absolute atomic E-state index is 0.00523. The van der Waals surface area contributed by atoms with Gasteiger partial charge >= 0.3 is 0 Å². The van der Waals surface area contributed by atoms with Crippen LogP contribution in [0.15, 0.2) is 83.9 Å². The van der Waals surface area contributed by atoms with Crippen molar-refractivity contribution in [2.24, 2.45) is 0 Å². The average Bonchev–Trinajstić information content (AvgIpc) is 3.33. The van der Waals surface area contributed by atoms with Crippen LogP contribution in [-0.4, -0.2) is 21.2 Å². The zero-order valence-corrected chi connectivity index (χ0v) is 17.6. The maximum Gasteiger partial charge on any atom is 0.186 e. The number of anilines is 2. The van der Waals surface area contributed by atoms with Crippen LogP contribution in [0.2, 0.25) is 0 Å². The van der Waals surface area contributed by atoms with Gasteiger partial charge in [0, 0.05) is 17.0 Å². The molecule has 0 spiro atoms. The molecule has 7 nitrogen and oxygen atoms in total. The van der Waals surface area contributed by atoms with E-state index >= 15 is 0 Å². The van der Waals surface area contributed by atoms with Gasteiger partial charge < -0.3 is 4.42 Å². The molecule has 0 atom stereocenters. The van der Waals surface area contributed by atoms with Crippen molar-refractivity contribution < 1.29 is 22.8 Å². The molecule has 0 fully saturated rings. The van der Waals surface area contributed by atoms with Crippen molar-refractivity contribution in [1.29, 1.82) is 0 Å². The Kier molecular flexibility index (Phi) is 5.75. The molecule has 0 aliphatic heterocycles. The van der Waals surface area contributed by atoms with E-state index in [1.54, 1.807) is 36.4 Å². The normalized spacial score (nSPS) is 11.0. The van der Waals surface area contributed by atoms with Crippen molar-refractivity contribution in [3.63, 3.8) is 0 Å². The van der Waals surface area contributed by atoms with Gasteiger partial charge in [0.1, 0.15) is 24.6 Å². The van der Waals surface area contributed by atoms with Gasteiger partial charge in [-0.25, -0.2) is 23.8 Å². The first kappa shape index (κ1) is 21.4. The lowest BCUT2D eigenvalue weighted by Crippen LogP contribution is -2.19. The van der Waals surface area contributed by atoms with Gasteiger partial charge in [-0.2, -0.15) is 0 Å². The molecule has 0 saturated carbocycles. The summed E-state index contributed by atoms with van der Waals surface area (Å²) < 4.78 is 32.9. The van der Waals surface area contributed by atoms with Gasteiger partial charge in [0.2, 0.25) is 0 Å². The lowest BCUT2D eigenvalue weighted by Gasteiger charge is -2.24. The molecule has 34 heavy (non-hydrogen) atoms. The van der Waals surface area contributed by atoms with Gasteiger partial charge in [-0.1, -0.05) is 18.2 Å². The first-order valence-corrected chi connectivity index (χ1v) is 10.2. The number of pyridine rings is 1. The molecular formula is C25H16F2N4O3. The van der Waals surface area contributed by atoms with Gasteiger partial charge in [0.25, 0.3) is 0 Å². The van der Waals surface area contributed by atoms with Crippen LogP contribution in [0.3, 0.4) is 0 Å². The van der Waals surface area contributed by atoms with E-state index in [-0.39, 0.29) is 12.4 Å². The number of carbonyl (C=O) groups is 1. The quantitative estimate of drug-likeness (QED) is 0.230. The Labute approximate surface area is 192 Å². The summed E-state index contributed by atoms with van der Waals surface area (Å²) in [7, 11) is 0. The van der Waals surface area contributed by atoms with Crippen molar-refractivity contribution in [3.05, 3.63) is 102 Å². The summed E-state index contributed by atoms with van der Waals surface area (Å²) in [6, 6.07) is 15.1. The Hall–Kier alpha value is -4.50. The molecule has 2 aromatic carbocycles. The van der Waals surface area contributed by atoms with Crippen molar-refractivity contribution in [2.75, 3.05) is 5.06 Å². The number of aldehydes is 1. The summed E-state index contributed by atoms with van der Waals surface area (Å²) in [5.41, 5.74) is 2.41. The van der Waals surface area contributed by atoms with Crippen LogP contribution in [0.25, 0.3) is 22.2 Å². The van der Waals surface area contributed by atoms with Crippen LogP contribution in [-0.2, 0) is 11.4 Å². The number of benzene rings is 2. The third kappa shape index (κ3) is 4.24. The standard InChI is InChI=1S/C25H16F2N4O3/c26-17-4-1-3-16(9-17)14-34-31(19-6-2-5-18(27)10-19)25-21-11-22(20-7-8-33-24(20)13-32)28-12-23(21)29-15-30-25/h1-13,15H,14H2. The fourth-order valence-corrected chi connectivity index (χ4v) is 3.50. The number of aromatic nitrogens is 3. The fraction of sp³-hybridized carbons (Fsp3) is 0.0400. The molecule has 9 heteroatoms. The number of nitrogens with zero attached hydrogens (tertiary/aromatic N) is 4. The number of fused-ring (bicyclic) bond motifs is 1. The molecule has 0 amide bonds. The van der Waals surface area contributed by atoms with Gasteiger partial charge in [0.05, 0.1) is 29.4 Å². The van der Waals surface area contributed by atoms with E-state index in [9.17, 15) is 13.6 Å². The van der Waals surface area contributed by atoms with Gasteiger partial charge in [-0.05, 0) is 42.0 Å². The lowest BCUT2D eigenvalue weighted by molar-refractivity contribution is 0.110. The summed E-state index contributed by atoms with van der Waals surface area (Å²) in [6.07, 6.45) is 4.87. The number of carbonyl (C=O) groups excluding carboxylic acids is 1. The molecule has 3 aromatic heterocycles. The van der Waals surface area contributed by atoms with Gasteiger partial charge in [-0.3, -0.25) is 14.6 Å². The molecule has 0 N–H and O–H groups in total. The molecule has 0 bridgehead atoms. The zero-order chi connectivity index (χ0) is 23.5. The Morgan fingerprint density at radius 1 is 0.971 bits per heavy atom. The van der Waals surface area contributed by atoms with Crippen molar-refractivity contribution >= 4 is 28.7 Å². The third-order valence-electron chi connectivity index (χ3n) is 5.06. The van der Waals surface area contributed by atoms with Crippen LogP contribution in [0.5, 0.6) is 0 Å². The highest BCUT2D eigenvalue weighted by molar-refractivity contribution is 5.94. The zero-order valence-electron chi connectivity index (χ0n) is 17.6. The van der Waals surface area contributed by atoms with Crippen molar-refractivity contribution in [2.45, 2.75) is 6.61 Å². The molecule has 0 radical (unpaired) electrons. The van der Waals surface area contributed by atoms with Crippen LogP contribution in [0.1, 0.15) is 16.1 Å². The highest BCUT2D eigenvalue weighted by Gasteiger charge is 2.19. The Morgan fingerprint density at radius 3 is 2.59 bits per heavy atom. The predicted molar refractivity (Wildman–Crippen MR) is 120 cm³/mol.